The van der Waals surface area contributed by atoms with Crippen molar-refractivity contribution in [1.29, 1.82) is 0 Å². The van der Waals surface area contributed by atoms with E-state index in [2.05, 4.69) is 20.5 Å². The number of carbonyl (C=O) groups excluding carboxylic acids is 2. The van der Waals surface area contributed by atoms with Crippen molar-refractivity contribution in [2.45, 2.75) is 50.9 Å². The smallest absolute Gasteiger partial charge is 0.276 e. The molecule has 2 amide bonds. The standard InChI is InChI=1S/C23H26ClN5O2S/c24-16-7-4-8-17-19(16)20(28-27-17)26-21(30)18-13-32-22(25-18)14-9-11-29(12-10-14)23(31)15-5-2-1-3-6-15/h4,7-8,13-15H,1-3,5-6,9-12H2,(H2,26,27,28,30). The van der Waals surface area contributed by atoms with Crippen molar-refractivity contribution in [1.82, 2.24) is 20.1 Å². The van der Waals surface area contributed by atoms with Gasteiger partial charge in [0.15, 0.2) is 5.82 Å². The number of likely N-dealkylation sites (tertiary alicyclic amines) is 1. The minimum absolute atomic E-state index is 0.224. The summed E-state index contributed by atoms with van der Waals surface area (Å²) in [6.45, 7) is 1.55. The molecule has 32 heavy (non-hydrogen) atoms. The number of rotatable bonds is 4. The molecule has 0 spiro atoms. The Balaban J connectivity index is 1.20. The molecule has 2 aromatic heterocycles. The van der Waals surface area contributed by atoms with Gasteiger partial charge in [-0.15, -0.1) is 11.3 Å². The fourth-order valence-corrected chi connectivity index (χ4v) is 6.06. The lowest BCUT2D eigenvalue weighted by atomic mass is 9.87. The number of nitrogens with one attached hydrogen (secondary N) is 2. The molecule has 0 unspecified atom stereocenters. The first-order valence-corrected chi connectivity index (χ1v) is 12.5. The van der Waals surface area contributed by atoms with Gasteiger partial charge in [-0.2, -0.15) is 5.10 Å². The minimum Gasteiger partial charge on any atom is -0.342 e. The molecule has 0 radical (unpaired) electrons. The number of amides is 2. The van der Waals surface area contributed by atoms with E-state index in [4.69, 9.17) is 11.6 Å². The molecule has 0 atom stereocenters. The topological polar surface area (TPSA) is 91.0 Å². The molecular formula is C23H26ClN5O2S. The van der Waals surface area contributed by atoms with Crippen molar-refractivity contribution in [3.05, 3.63) is 39.3 Å². The molecule has 3 aromatic rings. The number of anilines is 1. The number of benzene rings is 1. The zero-order valence-corrected chi connectivity index (χ0v) is 19.3. The Bertz CT molecular complexity index is 1130. The van der Waals surface area contributed by atoms with Crippen molar-refractivity contribution < 1.29 is 9.59 Å². The first-order chi connectivity index (χ1) is 15.6. The van der Waals surface area contributed by atoms with Crippen LogP contribution in [-0.2, 0) is 4.79 Å². The zero-order chi connectivity index (χ0) is 22.1. The molecule has 0 bridgehead atoms. The first kappa shape index (κ1) is 21.4. The van der Waals surface area contributed by atoms with Gasteiger partial charge in [-0.1, -0.05) is 36.9 Å². The maximum Gasteiger partial charge on any atom is 0.276 e. The molecule has 2 fully saturated rings. The van der Waals surface area contributed by atoms with Crippen LogP contribution in [0.5, 0.6) is 0 Å². The Morgan fingerprint density at radius 3 is 2.69 bits per heavy atom. The number of thiazole rings is 1. The zero-order valence-electron chi connectivity index (χ0n) is 17.8. The number of hydrogen-bond donors (Lipinski definition) is 2. The third kappa shape index (κ3) is 4.26. The molecule has 3 heterocycles. The average molecular weight is 472 g/mol. The maximum atomic E-state index is 12.8. The molecule has 1 aliphatic heterocycles. The van der Waals surface area contributed by atoms with E-state index < -0.39 is 0 Å². The van der Waals surface area contributed by atoms with Gasteiger partial charge < -0.3 is 10.2 Å². The predicted molar refractivity (Wildman–Crippen MR) is 126 cm³/mol. The highest BCUT2D eigenvalue weighted by Gasteiger charge is 2.30. The summed E-state index contributed by atoms with van der Waals surface area (Å²) >= 11 is 7.78. The summed E-state index contributed by atoms with van der Waals surface area (Å²) in [6.07, 6.45) is 7.49. The summed E-state index contributed by atoms with van der Waals surface area (Å²) in [4.78, 5) is 32.2. The Labute approximate surface area is 195 Å². The molecule has 168 valence electrons. The Kier molecular flexibility index (Phi) is 6.15. The van der Waals surface area contributed by atoms with Crippen LogP contribution in [0.15, 0.2) is 23.6 Å². The van der Waals surface area contributed by atoms with E-state index in [-0.39, 0.29) is 17.7 Å². The number of piperidine rings is 1. The van der Waals surface area contributed by atoms with Crippen LogP contribution in [0.25, 0.3) is 10.9 Å². The second kappa shape index (κ2) is 9.19. The van der Waals surface area contributed by atoms with E-state index in [1.807, 2.05) is 17.0 Å². The van der Waals surface area contributed by atoms with Gasteiger partial charge in [-0.3, -0.25) is 14.7 Å². The molecule has 1 saturated carbocycles. The molecule has 7 nitrogen and oxygen atoms in total. The molecule has 9 heteroatoms. The highest BCUT2D eigenvalue weighted by molar-refractivity contribution is 7.10. The summed E-state index contributed by atoms with van der Waals surface area (Å²) < 4.78 is 0. The quantitative estimate of drug-likeness (QED) is 0.546. The second-order valence-corrected chi connectivity index (χ2v) is 9.99. The summed E-state index contributed by atoms with van der Waals surface area (Å²) in [7, 11) is 0. The number of fused-ring (bicyclic) bond motifs is 1. The van der Waals surface area contributed by atoms with Gasteiger partial charge in [0.2, 0.25) is 5.91 Å². The lowest BCUT2D eigenvalue weighted by Crippen LogP contribution is -2.41. The van der Waals surface area contributed by atoms with Crippen molar-refractivity contribution in [3.8, 4) is 0 Å². The SMILES string of the molecule is O=C(Nc1n[nH]c2cccc(Cl)c12)c1csc(C2CCN(C(=O)C3CCCCC3)CC2)n1. The molecular weight excluding hydrogens is 446 g/mol. The molecule has 1 saturated heterocycles. The summed E-state index contributed by atoms with van der Waals surface area (Å²) in [5.41, 5.74) is 1.15. The number of halogens is 1. The van der Waals surface area contributed by atoms with Crippen molar-refractivity contribution >= 4 is 51.5 Å². The van der Waals surface area contributed by atoms with Gasteiger partial charge in [0.05, 0.1) is 20.9 Å². The van der Waals surface area contributed by atoms with E-state index in [0.29, 0.717) is 27.8 Å². The van der Waals surface area contributed by atoms with Crippen molar-refractivity contribution in [3.63, 3.8) is 0 Å². The lowest BCUT2D eigenvalue weighted by Gasteiger charge is -2.34. The molecule has 2 aliphatic rings. The Morgan fingerprint density at radius 1 is 1.12 bits per heavy atom. The molecule has 1 aliphatic carbocycles. The normalized spacial score (nSPS) is 18.2. The fraction of sp³-hybridized carbons (Fsp3) is 0.478. The summed E-state index contributed by atoms with van der Waals surface area (Å²) in [5.74, 6) is 0.956. The highest BCUT2D eigenvalue weighted by Crippen LogP contribution is 2.33. The number of H-pyrrole nitrogens is 1. The summed E-state index contributed by atoms with van der Waals surface area (Å²) in [6, 6.07) is 5.45. The van der Waals surface area contributed by atoms with Gasteiger partial charge in [0.25, 0.3) is 5.91 Å². The van der Waals surface area contributed by atoms with Crippen LogP contribution in [-0.4, -0.2) is 45.0 Å². The number of hydrogen-bond acceptors (Lipinski definition) is 5. The van der Waals surface area contributed by atoms with E-state index in [1.54, 1.807) is 11.4 Å². The van der Waals surface area contributed by atoms with Crippen LogP contribution in [0.4, 0.5) is 5.82 Å². The first-order valence-electron chi connectivity index (χ1n) is 11.3. The van der Waals surface area contributed by atoms with E-state index in [0.717, 1.165) is 49.3 Å². The van der Waals surface area contributed by atoms with Crippen LogP contribution >= 0.6 is 22.9 Å². The van der Waals surface area contributed by atoms with Crippen LogP contribution in [0.1, 0.15) is 66.4 Å². The van der Waals surface area contributed by atoms with Crippen molar-refractivity contribution in [2.24, 2.45) is 5.92 Å². The van der Waals surface area contributed by atoms with Crippen LogP contribution in [0.2, 0.25) is 5.02 Å². The van der Waals surface area contributed by atoms with E-state index in [9.17, 15) is 9.59 Å². The fourth-order valence-electron chi connectivity index (χ4n) is 4.83. The number of aromatic nitrogens is 3. The number of nitrogens with zero attached hydrogens (tertiary/aromatic N) is 3. The lowest BCUT2D eigenvalue weighted by molar-refractivity contribution is -0.137. The Morgan fingerprint density at radius 2 is 1.91 bits per heavy atom. The van der Waals surface area contributed by atoms with E-state index >= 15 is 0 Å². The van der Waals surface area contributed by atoms with Gasteiger partial charge in [-0.05, 0) is 37.8 Å². The van der Waals surface area contributed by atoms with Gasteiger partial charge in [-0.25, -0.2) is 4.98 Å². The average Bonchev–Trinajstić information content (AvgIpc) is 3.48. The van der Waals surface area contributed by atoms with Crippen LogP contribution in [0, 0.1) is 5.92 Å². The maximum absolute atomic E-state index is 12.8. The third-order valence-electron chi connectivity index (χ3n) is 6.64. The number of carbonyl (C=O) groups is 2. The highest BCUT2D eigenvalue weighted by atomic mass is 35.5. The predicted octanol–water partition coefficient (Wildman–Crippen LogP) is 5.21. The van der Waals surface area contributed by atoms with Gasteiger partial charge >= 0.3 is 0 Å². The summed E-state index contributed by atoms with van der Waals surface area (Å²) in [5, 5.41) is 13.9. The molecule has 2 N–H and O–H groups in total. The molecule has 1 aromatic carbocycles. The van der Waals surface area contributed by atoms with Gasteiger partial charge in [0, 0.05) is 30.3 Å². The number of aromatic amines is 1. The molecule has 5 rings (SSSR count). The Hall–Kier alpha value is -2.45. The monoisotopic (exact) mass is 471 g/mol. The van der Waals surface area contributed by atoms with Crippen LogP contribution < -0.4 is 5.32 Å². The second-order valence-electron chi connectivity index (χ2n) is 8.69. The minimum atomic E-state index is -0.300. The van der Waals surface area contributed by atoms with Crippen LogP contribution in [0.3, 0.4) is 0 Å². The van der Waals surface area contributed by atoms with E-state index in [1.165, 1.54) is 30.6 Å². The third-order valence-corrected chi connectivity index (χ3v) is 7.96. The van der Waals surface area contributed by atoms with Gasteiger partial charge in [0.1, 0.15) is 5.69 Å². The van der Waals surface area contributed by atoms with Crippen molar-refractivity contribution in [2.75, 3.05) is 18.4 Å². The largest absolute Gasteiger partial charge is 0.342 e.